The van der Waals surface area contributed by atoms with Crippen molar-refractivity contribution in [2.24, 2.45) is 5.92 Å². The van der Waals surface area contributed by atoms with Crippen LogP contribution in [0.5, 0.6) is 0 Å². The smallest absolute Gasteiger partial charge is 0.437 e. The molecule has 35 heavy (non-hydrogen) atoms. The van der Waals surface area contributed by atoms with Crippen LogP contribution < -0.4 is 10.6 Å². The number of nitro groups is 1. The monoisotopic (exact) mass is 493 g/mol. The first-order valence-corrected chi connectivity index (χ1v) is 9.93. The molecule has 2 amide bonds. The molecule has 0 unspecified atom stereocenters. The number of amides is 2. The number of halogens is 4. The van der Waals surface area contributed by atoms with E-state index in [1.165, 1.54) is 35.6 Å². The summed E-state index contributed by atoms with van der Waals surface area (Å²) in [7, 11) is 0. The maximum Gasteiger partial charge on any atom is 0.437 e. The van der Waals surface area contributed by atoms with Gasteiger partial charge in [0.25, 0.3) is 5.69 Å². The Kier molecular flexibility index (Phi) is 5.80. The van der Waals surface area contributed by atoms with Gasteiger partial charge >= 0.3 is 12.2 Å². The van der Waals surface area contributed by atoms with Crippen LogP contribution in [0.25, 0.3) is 11.3 Å². The molecule has 3 aromatic rings. The predicted molar refractivity (Wildman–Crippen MR) is 110 cm³/mol. The predicted octanol–water partition coefficient (Wildman–Crippen LogP) is 4.10. The minimum atomic E-state index is -5.50. The molecule has 0 aliphatic carbocycles. The molecule has 3 N–H and O–H groups in total. The molecule has 0 bridgehead atoms. The normalized spacial score (nSPS) is 22.3. The largest absolute Gasteiger partial charge is 0.459 e. The second kappa shape index (κ2) is 8.51. The van der Waals surface area contributed by atoms with Crippen LogP contribution in [0.4, 0.5) is 28.0 Å². The van der Waals surface area contributed by atoms with Gasteiger partial charge in [-0.15, -0.1) is 0 Å². The number of alkyl halides is 3. The molecule has 1 aromatic heterocycles. The molecule has 2 aromatic carbocycles. The van der Waals surface area contributed by atoms with E-state index < -0.39 is 46.4 Å². The topological polar surface area (TPSA) is 135 Å². The number of nitrogens with zero attached hydrogens (tertiary/aromatic N) is 1. The highest BCUT2D eigenvalue weighted by atomic mass is 19.4. The van der Waals surface area contributed by atoms with Crippen LogP contribution in [0.1, 0.15) is 22.2 Å². The van der Waals surface area contributed by atoms with Crippen molar-refractivity contribution in [3.63, 3.8) is 0 Å². The average Bonchev–Trinajstić information content (AvgIpc) is 3.28. The SMILES string of the molecule is O=C1N[C@H](c2ccc(-c3ccccc3[N+](=O)[O-])o2)[C@H](C(=O)c2ccc(F)cc2)[C@@](O)(C(F)(F)F)N1. The van der Waals surface area contributed by atoms with E-state index in [1.807, 2.05) is 0 Å². The maximum atomic E-state index is 14.0. The standard InChI is InChI=1S/C22H15F4N3O6/c23-12-7-5-11(6-8-12)19(30)17-18(27-20(31)28-21(17,32)22(24,25)26)16-10-9-15(35-16)13-3-1-2-4-14(13)29(33)34/h1-10,17-18,32H,(H2,27,28,31)/t17-,18-,21-/m1/s1. The van der Waals surface area contributed by atoms with Crippen molar-refractivity contribution in [2.45, 2.75) is 17.9 Å². The van der Waals surface area contributed by atoms with Crippen LogP contribution in [0, 0.1) is 21.8 Å². The van der Waals surface area contributed by atoms with Crippen LogP contribution in [0.2, 0.25) is 0 Å². The number of furan rings is 1. The summed E-state index contributed by atoms with van der Waals surface area (Å²) in [5.74, 6) is -4.93. The highest BCUT2D eigenvalue weighted by molar-refractivity contribution is 6.00. The summed E-state index contributed by atoms with van der Waals surface area (Å²) in [6.07, 6.45) is -5.50. The molecule has 0 radical (unpaired) electrons. The zero-order valence-electron chi connectivity index (χ0n) is 17.4. The van der Waals surface area contributed by atoms with Gasteiger partial charge in [0.05, 0.1) is 10.5 Å². The van der Waals surface area contributed by atoms with Crippen molar-refractivity contribution >= 4 is 17.5 Å². The number of nitrogens with one attached hydrogen (secondary N) is 2. The highest BCUT2D eigenvalue weighted by Gasteiger charge is 2.66. The summed E-state index contributed by atoms with van der Waals surface area (Å²) in [6, 6.07) is 8.04. The Labute approximate surface area is 193 Å². The molecule has 182 valence electrons. The molecule has 13 heteroatoms. The summed E-state index contributed by atoms with van der Waals surface area (Å²) in [5.41, 5.74) is -4.74. The van der Waals surface area contributed by atoms with E-state index in [9.17, 15) is 42.4 Å². The lowest BCUT2D eigenvalue weighted by Crippen LogP contribution is -2.72. The summed E-state index contributed by atoms with van der Waals surface area (Å²) < 4.78 is 60.8. The Hall–Kier alpha value is -4.26. The molecule has 2 heterocycles. The fraction of sp³-hybridized carbons (Fsp3) is 0.182. The van der Waals surface area contributed by atoms with Gasteiger partial charge in [-0.25, -0.2) is 9.18 Å². The van der Waals surface area contributed by atoms with Crippen molar-refractivity contribution in [1.29, 1.82) is 0 Å². The van der Waals surface area contributed by atoms with Crippen LogP contribution >= 0.6 is 0 Å². The van der Waals surface area contributed by atoms with Gasteiger partial charge in [-0.05, 0) is 42.5 Å². The number of hydrogen-bond acceptors (Lipinski definition) is 6. The summed E-state index contributed by atoms with van der Waals surface area (Å²) in [6.45, 7) is 0. The van der Waals surface area contributed by atoms with Gasteiger partial charge in [0.15, 0.2) is 5.78 Å². The van der Waals surface area contributed by atoms with Gasteiger partial charge < -0.3 is 20.2 Å². The van der Waals surface area contributed by atoms with E-state index in [-0.39, 0.29) is 28.3 Å². The quantitative estimate of drug-likeness (QED) is 0.212. The Morgan fingerprint density at radius 1 is 1.09 bits per heavy atom. The third-order valence-electron chi connectivity index (χ3n) is 5.52. The number of aliphatic hydroxyl groups is 1. The highest BCUT2D eigenvalue weighted by Crippen LogP contribution is 2.45. The molecule has 3 atom stereocenters. The lowest BCUT2D eigenvalue weighted by Gasteiger charge is -2.44. The van der Waals surface area contributed by atoms with Crippen LogP contribution in [-0.4, -0.2) is 33.7 Å². The molecule has 4 rings (SSSR count). The summed E-state index contributed by atoms with van der Waals surface area (Å²) >= 11 is 0. The molecule has 1 aliphatic heterocycles. The molecular weight excluding hydrogens is 478 g/mol. The number of carbonyl (C=O) groups is 2. The number of rotatable bonds is 5. The van der Waals surface area contributed by atoms with E-state index in [2.05, 4.69) is 5.32 Å². The van der Waals surface area contributed by atoms with Gasteiger partial charge in [0.1, 0.15) is 29.3 Å². The number of Topliss-reactive ketones (excluding diaryl/α,β-unsaturated/α-hetero) is 1. The lowest BCUT2D eigenvalue weighted by molar-refractivity contribution is -0.384. The van der Waals surface area contributed by atoms with E-state index in [4.69, 9.17) is 4.42 Å². The second-order valence-corrected chi connectivity index (χ2v) is 7.67. The number of urea groups is 1. The Morgan fingerprint density at radius 3 is 2.37 bits per heavy atom. The van der Waals surface area contributed by atoms with E-state index in [0.717, 1.165) is 30.3 Å². The van der Waals surface area contributed by atoms with Crippen molar-refractivity contribution in [3.05, 3.63) is 87.9 Å². The van der Waals surface area contributed by atoms with Crippen LogP contribution in [-0.2, 0) is 0 Å². The van der Waals surface area contributed by atoms with Gasteiger partial charge in [-0.2, -0.15) is 13.2 Å². The summed E-state index contributed by atoms with van der Waals surface area (Å²) in [4.78, 5) is 35.9. The molecule has 0 spiro atoms. The Balaban J connectivity index is 1.83. The lowest BCUT2D eigenvalue weighted by atomic mass is 9.79. The first-order valence-electron chi connectivity index (χ1n) is 9.93. The Bertz CT molecular complexity index is 1310. The van der Waals surface area contributed by atoms with Gasteiger partial charge in [0, 0.05) is 11.6 Å². The molecule has 1 fully saturated rings. The average molecular weight is 493 g/mol. The van der Waals surface area contributed by atoms with Crippen molar-refractivity contribution in [1.82, 2.24) is 10.6 Å². The number of hydrogen-bond donors (Lipinski definition) is 3. The fourth-order valence-electron chi connectivity index (χ4n) is 3.88. The number of para-hydroxylation sites is 1. The Morgan fingerprint density at radius 2 is 1.74 bits per heavy atom. The van der Waals surface area contributed by atoms with Gasteiger partial charge in [-0.1, -0.05) is 12.1 Å². The third kappa shape index (κ3) is 4.21. The molecule has 1 aliphatic rings. The summed E-state index contributed by atoms with van der Waals surface area (Å²) in [5, 5.41) is 25.4. The number of benzene rings is 2. The van der Waals surface area contributed by atoms with Gasteiger partial charge in [-0.3, -0.25) is 14.9 Å². The number of ketones is 1. The number of carbonyl (C=O) groups excluding carboxylic acids is 2. The minimum absolute atomic E-state index is 0.00324. The third-order valence-corrected chi connectivity index (χ3v) is 5.52. The maximum absolute atomic E-state index is 14.0. The van der Waals surface area contributed by atoms with Crippen LogP contribution in [0.3, 0.4) is 0 Å². The molecular formula is C22H15F4N3O6. The second-order valence-electron chi connectivity index (χ2n) is 7.67. The minimum Gasteiger partial charge on any atom is -0.459 e. The van der Waals surface area contributed by atoms with Crippen molar-refractivity contribution < 1.29 is 41.6 Å². The molecule has 9 nitrogen and oxygen atoms in total. The first-order chi connectivity index (χ1) is 16.4. The van der Waals surface area contributed by atoms with Gasteiger partial charge in [0.2, 0.25) is 5.72 Å². The zero-order valence-corrected chi connectivity index (χ0v) is 17.4. The van der Waals surface area contributed by atoms with E-state index in [1.54, 1.807) is 0 Å². The van der Waals surface area contributed by atoms with Crippen LogP contribution in [0.15, 0.2) is 65.1 Å². The van der Waals surface area contributed by atoms with E-state index in [0.29, 0.717) is 0 Å². The molecule has 0 saturated carbocycles. The number of nitro benzene ring substituents is 1. The fourth-order valence-corrected chi connectivity index (χ4v) is 3.88. The zero-order chi connectivity index (χ0) is 25.5. The van der Waals surface area contributed by atoms with E-state index >= 15 is 0 Å². The molecule has 1 saturated heterocycles. The van der Waals surface area contributed by atoms with Crippen molar-refractivity contribution in [2.75, 3.05) is 0 Å². The first kappa shape index (κ1) is 23.9. The van der Waals surface area contributed by atoms with Crippen molar-refractivity contribution in [3.8, 4) is 11.3 Å².